The maximum Gasteiger partial charge on any atom is 0.257 e. The van der Waals surface area contributed by atoms with E-state index in [1.165, 1.54) is 0 Å². The number of fused-ring (bicyclic) bond motifs is 2. The van der Waals surface area contributed by atoms with Gasteiger partial charge in [0.2, 0.25) is 0 Å². The lowest BCUT2D eigenvalue weighted by Gasteiger charge is -2.26. The van der Waals surface area contributed by atoms with Crippen LogP contribution in [0.15, 0.2) is 30.3 Å². The molecular weight excluding hydrogens is 454 g/mol. The molecule has 1 atom stereocenters. The third-order valence-corrected chi connectivity index (χ3v) is 6.34. The summed E-state index contributed by atoms with van der Waals surface area (Å²) in [6, 6.07) is 8.88. The van der Waals surface area contributed by atoms with Gasteiger partial charge in [-0.3, -0.25) is 4.79 Å². The summed E-state index contributed by atoms with van der Waals surface area (Å²) >= 11 is 6.24. The summed E-state index contributed by atoms with van der Waals surface area (Å²) in [7, 11) is 3.84. The Balaban J connectivity index is 1.81. The highest BCUT2D eigenvalue weighted by Crippen LogP contribution is 2.31. The lowest BCUT2D eigenvalue weighted by atomic mass is 10.1. The molecule has 3 heterocycles. The highest BCUT2D eigenvalue weighted by Gasteiger charge is 2.27. The fraction of sp³-hybridized carbons (Fsp3) is 0.458. The molecule has 2 aromatic heterocycles. The first-order valence-electron chi connectivity index (χ1n) is 11.7. The van der Waals surface area contributed by atoms with Crippen molar-refractivity contribution in [3.8, 4) is 5.75 Å². The number of nitrogens with zero attached hydrogens (tertiary/aromatic N) is 5. The SMILES string of the molecule is CCC1c2cc3nc(NCCN)cc(n3n2)N(C)CCCCOc2ccc(Cl)cc2C(=O)N1C. The summed E-state index contributed by atoms with van der Waals surface area (Å²) in [5.74, 6) is 2.06. The van der Waals surface area contributed by atoms with Crippen molar-refractivity contribution in [3.05, 3.63) is 46.6 Å². The first-order chi connectivity index (χ1) is 16.4. The van der Waals surface area contributed by atoms with Crippen molar-refractivity contribution in [2.75, 3.05) is 50.6 Å². The molecule has 4 rings (SSSR count). The molecule has 0 radical (unpaired) electrons. The van der Waals surface area contributed by atoms with Gasteiger partial charge in [-0.1, -0.05) is 18.5 Å². The van der Waals surface area contributed by atoms with Gasteiger partial charge < -0.3 is 25.6 Å². The molecule has 0 fully saturated rings. The van der Waals surface area contributed by atoms with Crippen molar-refractivity contribution >= 4 is 34.8 Å². The first-order valence-corrected chi connectivity index (χ1v) is 12.1. The van der Waals surface area contributed by atoms with Crippen LogP contribution in [0.25, 0.3) is 5.65 Å². The third kappa shape index (κ3) is 4.90. The molecule has 0 aliphatic carbocycles. The Morgan fingerprint density at radius 2 is 2.06 bits per heavy atom. The zero-order valence-electron chi connectivity index (χ0n) is 19.9. The number of ether oxygens (including phenoxy) is 1. The molecule has 182 valence electrons. The lowest BCUT2D eigenvalue weighted by Crippen LogP contribution is -2.31. The molecule has 10 heteroatoms. The molecule has 2 bridgehead atoms. The van der Waals surface area contributed by atoms with Gasteiger partial charge in [0.15, 0.2) is 5.65 Å². The van der Waals surface area contributed by atoms with Crippen molar-refractivity contribution in [1.82, 2.24) is 19.5 Å². The third-order valence-electron chi connectivity index (χ3n) is 6.10. The number of amides is 1. The van der Waals surface area contributed by atoms with Crippen LogP contribution in [-0.4, -0.2) is 65.7 Å². The van der Waals surface area contributed by atoms with E-state index in [0.29, 0.717) is 42.5 Å². The van der Waals surface area contributed by atoms with E-state index in [0.717, 1.165) is 42.4 Å². The van der Waals surface area contributed by atoms with Crippen LogP contribution in [0, 0.1) is 0 Å². The number of hydrogen-bond acceptors (Lipinski definition) is 7. The Morgan fingerprint density at radius 3 is 2.82 bits per heavy atom. The van der Waals surface area contributed by atoms with E-state index >= 15 is 0 Å². The number of anilines is 2. The Hall–Kier alpha value is -3.04. The molecular formula is C24H32ClN7O2. The standard InChI is InChI=1S/C24H32ClN7O2/c1-4-19-18-14-22-28-21(27-10-9-26)15-23(32(22)29-18)30(2)11-5-6-12-34-20-8-7-16(25)13-17(20)24(33)31(19)3/h7-8,13-15,19H,4-6,9-12,26H2,1-3H3,(H,27,28). The van der Waals surface area contributed by atoms with E-state index in [1.54, 1.807) is 30.1 Å². The number of hydrogen-bond donors (Lipinski definition) is 2. The van der Waals surface area contributed by atoms with Crippen LogP contribution in [0.3, 0.4) is 0 Å². The molecule has 1 unspecified atom stereocenters. The van der Waals surface area contributed by atoms with Gasteiger partial charge in [0.25, 0.3) is 5.91 Å². The zero-order valence-corrected chi connectivity index (χ0v) is 20.7. The monoisotopic (exact) mass is 485 g/mol. The van der Waals surface area contributed by atoms with E-state index in [2.05, 4.69) is 10.2 Å². The fourth-order valence-corrected chi connectivity index (χ4v) is 4.43. The molecule has 3 N–H and O–H groups in total. The summed E-state index contributed by atoms with van der Waals surface area (Å²) < 4.78 is 7.87. The van der Waals surface area contributed by atoms with Gasteiger partial charge in [0.1, 0.15) is 17.4 Å². The normalized spacial score (nSPS) is 17.3. The van der Waals surface area contributed by atoms with Crippen molar-refractivity contribution in [3.63, 3.8) is 0 Å². The summed E-state index contributed by atoms with van der Waals surface area (Å²) in [6.45, 7) is 4.51. The smallest absolute Gasteiger partial charge is 0.257 e. The van der Waals surface area contributed by atoms with Gasteiger partial charge in [-0.05, 0) is 37.5 Å². The van der Waals surface area contributed by atoms with Crippen molar-refractivity contribution < 1.29 is 9.53 Å². The Bertz CT molecular complexity index is 1170. The fourth-order valence-electron chi connectivity index (χ4n) is 4.26. The van der Waals surface area contributed by atoms with E-state index in [1.807, 2.05) is 30.6 Å². The number of aromatic nitrogens is 3. The van der Waals surface area contributed by atoms with Gasteiger partial charge in [-0.15, -0.1) is 0 Å². The van der Waals surface area contributed by atoms with Crippen LogP contribution in [0.1, 0.15) is 48.3 Å². The molecule has 3 aromatic rings. The van der Waals surface area contributed by atoms with Crippen molar-refractivity contribution in [1.29, 1.82) is 0 Å². The average Bonchev–Trinajstić information content (AvgIpc) is 3.25. The van der Waals surface area contributed by atoms with Crippen molar-refractivity contribution in [2.45, 2.75) is 32.2 Å². The minimum absolute atomic E-state index is 0.160. The molecule has 1 aliphatic heterocycles. The predicted molar refractivity (Wildman–Crippen MR) is 135 cm³/mol. The highest BCUT2D eigenvalue weighted by molar-refractivity contribution is 6.31. The first kappa shape index (κ1) is 24.1. The summed E-state index contributed by atoms with van der Waals surface area (Å²) in [6.07, 6.45) is 2.44. The van der Waals surface area contributed by atoms with E-state index in [-0.39, 0.29) is 11.9 Å². The topological polar surface area (TPSA) is 101 Å². The highest BCUT2D eigenvalue weighted by atomic mass is 35.5. The zero-order chi connectivity index (χ0) is 24.2. The van der Waals surface area contributed by atoms with Crippen molar-refractivity contribution in [2.24, 2.45) is 5.73 Å². The van der Waals surface area contributed by atoms with Crippen LogP contribution < -0.4 is 20.7 Å². The molecule has 9 nitrogen and oxygen atoms in total. The van der Waals surface area contributed by atoms with Crippen LogP contribution in [0.2, 0.25) is 5.02 Å². The largest absolute Gasteiger partial charge is 0.493 e. The maximum absolute atomic E-state index is 13.5. The number of nitrogens with one attached hydrogen (secondary N) is 1. The number of carbonyl (C=O) groups is 1. The molecule has 1 aromatic carbocycles. The number of benzene rings is 1. The van der Waals surface area contributed by atoms with E-state index in [9.17, 15) is 4.79 Å². The number of halogens is 1. The quantitative estimate of drug-likeness (QED) is 0.582. The molecule has 1 aliphatic rings. The van der Waals surface area contributed by atoms with Gasteiger partial charge in [-0.2, -0.15) is 9.61 Å². The average molecular weight is 486 g/mol. The Morgan fingerprint density at radius 1 is 1.24 bits per heavy atom. The van der Waals surface area contributed by atoms with Crippen LogP contribution in [-0.2, 0) is 0 Å². The molecule has 0 spiro atoms. The second-order valence-electron chi connectivity index (χ2n) is 8.51. The Labute approximate surface area is 204 Å². The maximum atomic E-state index is 13.5. The summed E-state index contributed by atoms with van der Waals surface area (Å²) in [5, 5.41) is 8.67. The molecule has 1 amide bonds. The Kier molecular flexibility index (Phi) is 7.43. The minimum atomic E-state index is -0.246. The lowest BCUT2D eigenvalue weighted by molar-refractivity contribution is 0.0718. The van der Waals surface area contributed by atoms with Gasteiger partial charge in [0, 0.05) is 50.9 Å². The van der Waals surface area contributed by atoms with Crippen LogP contribution >= 0.6 is 11.6 Å². The molecule has 0 saturated heterocycles. The summed E-state index contributed by atoms with van der Waals surface area (Å²) in [4.78, 5) is 22.2. The number of nitrogens with two attached hydrogens (primary N) is 1. The van der Waals surface area contributed by atoms with Gasteiger partial charge in [-0.25, -0.2) is 4.98 Å². The number of carbonyl (C=O) groups excluding carboxylic acids is 1. The number of rotatable bonds is 4. The van der Waals surface area contributed by atoms with Crippen LogP contribution in [0.5, 0.6) is 5.75 Å². The summed E-state index contributed by atoms with van der Waals surface area (Å²) in [5.41, 5.74) is 7.63. The minimum Gasteiger partial charge on any atom is -0.493 e. The second-order valence-corrected chi connectivity index (χ2v) is 8.95. The van der Waals surface area contributed by atoms with E-state index in [4.69, 9.17) is 32.2 Å². The van der Waals surface area contributed by atoms with Crippen LogP contribution in [0.4, 0.5) is 11.6 Å². The van der Waals surface area contributed by atoms with Gasteiger partial charge >= 0.3 is 0 Å². The second kappa shape index (κ2) is 10.5. The molecule has 34 heavy (non-hydrogen) atoms. The molecule has 0 saturated carbocycles. The van der Waals surface area contributed by atoms with E-state index < -0.39 is 0 Å². The predicted octanol–water partition coefficient (Wildman–Crippen LogP) is 3.59. The van der Waals surface area contributed by atoms with Gasteiger partial charge in [0.05, 0.1) is 23.9 Å².